The SMILES string of the molecule is COC.Oc1cccc(O)c1. The average Bonchev–Trinajstić information content (AvgIpc) is 1.88. The number of aromatic hydroxyl groups is 2. The number of rotatable bonds is 0. The number of phenolic OH excluding ortho intramolecular Hbond substituents is 2. The van der Waals surface area contributed by atoms with Crippen molar-refractivity contribution in [1.82, 2.24) is 0 Å². The van der Waals surface area contributed by atoms with E-state index in [9.17, 15) is 0 Å². The average molecular weight is 156 g/mol. The van der Waals surface area contributed by atoms with Crippen molar-refractivity contribution in [2.24, 2.45) is 0 Å². The van der Waals surface area contributed by atoms with E-state index in [1.165, 1.54) is 18.2 Å². The topological polar surface area (TPSA) is 49.7 Å². The van der Waals surface area contributed by atoms with Crippen LogP contribution in [0, 0.1) is 0 Å². The molecule has 0 saturated heterocycles. The lowest BCUT2D eigenvalue weighted by molar-refractivity contribution is 0.277. The van der Waals surface area contributed by atoms with Gasteiger partial charge in [-0.1, -0.05) is 6.07 Å². The van der Waals surface area contributed by atoms with E-state index < -0.39 is 0 Å². The van der Waals surface area contributed by atoms with Crippen LogP contribution in [0.1, 0.15) is 0 Å². The molecule has 1 aromatic carbocycles. The molecule has 0 bridgehead atoms. The Morgan fingerprint density at radius 3 is 1.64 bits per heavy atom. The number of benzene rings is 1. The van der Waals surface area contributed by atoms with Crippen molar-refractivity contribution in [2.45, 2.75) is 0 Å². The molecule has 1 aromatic rings. The Bertz CT molecular complexity index is 181. The number of methoxy groups -OCH3 is 1. The van der Waals surface area contributed by atoms with Crippen LogP contribution in [-0.2, 0) is 4.74 Å². The van der Waals surface area contributed by atoms with Crippen molar-refractivity contribution >= 4 is 0 Å². The van der Waals surface area contributed by atoms with Gasteiger partial charge >= 0.3 is 0 Å². The van der Waals surface area contributed by atoms with E-state index in [1.807, 2.05) is 0 Å². The van der Waals surface area contributed by atoms with Crippen LogP contribution in [-0.4, -0.2) is 24.4 Å². The van der Waals surface area contributed by atoms with Crippen LogP contribution in [0.25, 0.3) is 0 Å². The van der Waals surface area contributed by atoms with E-state index in [4.69, 9.17) is 10.2 Å². The zero-order chi connectivity index (χ0) is 8.69. The minimum absolute atomic E-state index is 0.0880. The highest BCUT2D eigenvalue weighted by Gasteiger charge is 1.85. The molecule has 0 aliphatic carbocycles. The van der Waals surface area contributed by atoms with E-state index in [-0.39, 0.29) is 11.5 Å². The Kier molecular flexibility index (Phi) is 4.94. The third-order valence-corrected chi connectivity index (χ3v) is 0.830. The van der Waals surface area contributed by atoms with Gasteiger partial charge in [0.25, 0.3) is 0 Å². The smallest absolute Gasteiger partial charge is 0.119 e. The van der Waals surface area contributed by atoms with Crippen molar-refractivity contribution in [3.8, 4) is 11.5 Å². The normalized spacial score (nSPS) is 8.18. The lowest BCUT2D eigenvalue weighted by Crippen LogP contribution is -1.61. The second-order valence-electron chi connectivity index (χ2n) is 1.93. The van der Waals surface area contributed by atoms with Gasteiger partial charge in [0.1, 0.15) is 11.5 Å². The van der Waals surface area contributed by atoms with E-state index in [0.717, 1.165) is 0 Å². The maximum absolute atomic E-state index is 8.65. The fourth-order valence-corrected chi connectivity index (χ4v) is 0.493. The Hall–Kier alpha value is -1.22. The number of hydrogen-bond donors (Lipinski definition) is 2. The first-order valence-electron chi connectivity index (χ1n) is 3.09. The maximum Gasteiger partial charge on any atom is 0.119 e. The summed E-state index contributed by atoms with van der Waals surface area (Å²) in [6.45, 7) is 0. The Morgan fingerprint density at radius 1 is 1.09 bits per heavy atom. The third-order valence-electron chi connectivity index (χ3n) is 0.830. The first kappa shape index (κ1) is 9.78. The molecular formula is C8H12O3. The van der Waals surface area contributed by atoms with E-state index in [0.29, 0.717) is 0 Å². The summed E-state index contributed by atoms with van der Waals surface area (Å²) < 4.78 is 4.25. The summed E-state index contributed by atoms with van der Waals surface area (Å²) in [5, 5.41) is 17.3. The van der Waals surface area contributed by atoms with Crippen LogP contribution >= 0.6 is 0 Å². The van der Waals surface area contributed by atoms with Crippen LogP contribution in [0.5, 0.6) is 11.5 Å². The molecule has 0 aromatic heterocycles. The molecule has 62 valence electrons. The van der Waals surface area contributed by atoms with Gasteiger partial charge < -0.3 is 14.9 Å². The predicted octanol–water partition coefficient (Wildman–Crippen LogP) is 1.36. The highest BCUT2D eigenvalue weighted by molar-refractivity contribution is 5.30. The second kappa shape index (κ2) is 5.56. The van der Waals surface area contributed by atoms with Crippen molar-refractivity contribution in [2.75, 3.05) is 14.2 Å². The minimum Gasteiger partial charge on any atom is -0.508 e. The van der Waals surface area contributed by atoms with Crippen LogP contribution < -0.4 is 0 Å². The molecule has 0 aliphatic heterocycles. The zero-order valence-electron chi connectivity index (χ0n) is 6.61. The lowest BCUT2D eigenvalue weighted by Gasteiger charge is -1.89. The second-order valence-corrected chi connectivity index (χ2v) is 1.93. The predicted molar refractivity (Wildman–Crippen MR) is 42.7 cm³/mol. The molecule has 3 nitrogen and oxygen atoms in total. The number of phenols is 2. The Labute approximate surface area is 65.9 Å². The molecule has 0 amide bonds. The fraction of sp³-hybridized carbons (Fsp3) is 0.250. The maximum atomic E-state index is 8.65. The van der Waals surface area contributed by atoms with Gasteiger partial charge in [-0.15, -0.1) is 0 Å². The van der Waals surface area contributed by atoms with Gasteiger partial charge in [-0.25, -0.2) is 0 Å². The minimum atomic E-state index is 0.0880. The van der Waals surface area contributed by atoms with E-state index in [2.05, 4.69) is 4.74 Å². The molecule has 0 fully saturated rings. The molecule has 0 unspecified atom stereocenters. The highest BCUT2D eigenvalue weighted by Crippen LogP contribution is 2.14. The summed E-state index contributed by atoms with van der Waals surface area (Å²) in [4.78, 5) is 0. The highest BCUT2D eigenvalue weighted by atomic mass is 16.4. The summed E-state index contributed by atoms with van der Waals surface area (Å²) in [5.41, 5.74) is 0. The molecular weight excluding hydrogens is 144 g/mol. The summed E-state index contributed by atoms with van der Waals surface area (Å²) in [7, 11) is 3.25. The summed E-state index contributed by atoms with van der Waals surface area (Å²) in [6.07, 6.45) is 0. The third kappa shape index (κ3) is 5.24. The van der Waals surface area contributed by atoms with Gasteiger partial charge in [-0.05, 0) is 12.1 Å². The van der Waals surface area contributed by atoms with Crippen LogP contribution in [0.15, 0.2) is 24.3 Å². The Balaban J connectivity index is 0.000000292. The Morgan fingerprint density at radius 2 is 1.45 bits per heavy atom. The lowest BCUT2D eigenvalue weighted by atomic mass is 10.3. The largest absolute Gasteiger partial charge is 0.508 e. The van der Waals surface area contributed by atoms with Gasteiger partial charge in [0, 0.05) is 20.3 Å². The molecule has 11 heavy (non-hydrogen) atoms. The molecule has 0 radical (unpaired) electrons. The molecule has 0 spiro atoms. The molecule has 1 rings (SSSR count). The number of hydrogen-bond acceptors (Lipinski definition) is 3. The van der Waals surface area contributed by atoms with Crippen molar-refractivity contribution in [3.05, 3.63) is 24.3 Å². The molecule has 0 saturated carbocycles. The van der Waals surface area contributed by atoms with E-state index >= 15 is 0 Å². The van der Waals surface area contributed by atoms with Crippen LogP contribution in [0.2, 0.25) is 0 Å². The van der Waals surface area contributed by atoms with Gasteiger partial charge in [-0.3, -0.25) is 0 Å². The van der Waals surface area contributed by atoms with Crippen molar-refractivity contribution in [3.63, 3.8) is 0 Å². The zero-order valence-corrected chi connectivity index (χ0v) is 6.61. The molecule has 0 heterocycles. The van der Waals surface area contributed by atoms with Crippen molar-refractivity contribution < 1.29 is 14.9 Å². The van der Waals surface area contributed by atoms with Gasteiger partial charge in [0.2, 0.25) is 0 Å². The standard InChI is InChI=1S/C6H6O2.C2H6O/c7-5-2-1-3-6(8)4-5;1-3-2/h1-4,7-8H;1-2H3. The summed E-state index contributed by atoms with van der Waals surface area (Å²) in [5.74, 6) is 0.176. The number of ether oxygens (including phenoxy) is 1. The summed E-state index contributed by atoms with van der Waals surface area (Å²) in [6, 6.07) is 5.85. The molecule has 0 atom stereocenters. The van der Waals surface area contributed by atoms with Gasteiger partial charge in [0.05, 0.1) is 0 Å². The molecule has 2 N–H and O–H groups in total. The fourth-order valence-electron chi connectivity index (χ4n) is 0.493. The van der Waals surface area contributed by atoms with Crippen LogP contribution in [0.4, 0.5) is 0 Å². The van der Waals surface area contributed by atoms with Crippen molar-refractivity contribution in [1.29, 1.82) is 0 Å². The quantitative estimate of drug-likeness (QED) is 0.596. The first-order valence-corrected chi connectivity index (χ1v) is 3.09. The monoisotopic (exact) mass is 156 g/mol. The summed E-state index contributed by atoms with van der Waals surface area (Å²) >= 11 is 0. The molecule has 0 aliphatic rings. The first-order chi connectivity index (χ1) is 5.20. The van der Waals surface area contributed by atoms with Gasteiger partial charge in [-0.2, -0.15) is 0 Å². The molecule has 3 heteroatoms. The van der Waals surface area contributed by atoms with Gasteiger partial charge in [0.15, 0.2) is 0 Å². The van der Waals surface area contributed by atoms with Crippen LogP contribution in [0.3, 0.4) is 0 Å². The van der Waals surface area contributed by atoms with E-state index in [1.54, 1.807) is 20.3 Å².